The van der Waals surface area contributed by atoms with Gasteiger partial charge < -0.3 is 14.6 Å². The molecule has 0 amide bonds. The smallest absolute Gasteiger partial charge is 0.163 e. The largest absolute Gasteiger partial charge is 0.504 e. The first-order valence-corrected chi connectivity index (χ1v) is 8.09. The van der Waals surface area contributed by atoms with E-state index in [0.29, 0.717) is 5.75 Å². The number of allylic oxidation sites excluding steroid dienone is 1. The van der Waals surface area contributed by atoms with Gasteiger partial charge in [0.05, 0.1) is 20.3 Å². The number of benzene rings is 1. The first-order valence-electron chi connectivity index (χ1n) is 8.09. The van der Waals surface area contributed by atoms with Gasteiger partial charge in [0.1, 0.15) is 0 Å². The second kappa shape index (κ2) is 8.51. The van der Waals surface area contributed by atoms with E-state index in [4.69, 9.17) is 9.47 Å². The van der Waals surface area contributed by atoms with Crippen LogP contribution in [-0.4, -0.2) is 55.7 Å². The van der Waals surface area contributed by atoms with Crippen molar-refractivity contribution in [2.24, 2.45) is 5.92 Å². The second-order valence-electron chi connectivity index (χ2n) is 6.11. The van der Waals surface area contributed by atoms with E-state index in [2.05, 4.69) is 4.90 Å². The highest BCUT2D eigenvalue weighted by atomic mass is 35.5. The zero-order valence-corrected chi connectivity index (χ0v) is 14.7. The molecule has 6 heteroatoms. The third-order valence-corrected chi connectivity index (χ3v) is 4.58. The molecule has 3 rings (SSSR count). The summed E-state index contributed by atoms with van der Waals surface area (Å²) in [4.78, 5) is 14.9. The number of carbonyl (C=O) groups excluding carboxylic acids is 1. The summed E-state index contributed by atoms with van der Waals surface area (Å²) in [5, 5.41) is 9.64. The fourth-order valence-electron chi connectivity index (χ4n) is 3.24. The Bertz CT molecular complexity index is 611. The summed E-state index contributed by atoms with van der Waals surface area (Å²) in [6.45, 7) is 4.18. The molecule has 0 bridgehead atoms. The van der Waals surface area contributed by atoms with Gasteiger partial charge >= 0.3 is 0 Å². The van der Waals surface area contributed by atoms with Crippen molar-refractivity contribution in [1.29, 1.82) is 0 Å². The first kappa shape index (κ1) is 18.8. The Morgan fingerprint density at radius 1 is 1.38 bits per heavy atom. The summed E-state index contributed by atoms with van der Waals surface area (Å²) in [7, 11) is 1.52. The molecule has 1 aliphatic heterocycles. The Morgan fingerprint density at radius 2 is 2.12 bits per heavy atom. The van der Waals surface area contributed by atoms with Gasteiger partial charge in [0.15, 0.2) is 17.3 Å². The van der Waals surface area contributed by atoms with Crippen molar-refractivity contribution in [3.05, 3.63) is 29.3 Å². The molecule has 1 aromatic carbocycles. The molecule has 1 saturated heterocycles. The highest BCUT2D eigenvalue weighted by Crippen LogP contribution is 2.32. The Hall–Kier alpha value is -1.56. The molecule has 5 nitrogen and oxygen atoms in total. The molecule has 1 N–H and O–H groups in total. The third-order valence-electron chi connectivity index (χ3n) is 4.58. The van der Waals surface area contributed by atoms with Gasteiger partial charge in [-0.15, -0.1) is 12.4 Å². The average Bonchev–Trinajstić information content (AvgIpc) is 2.91. The van der Waals surface area contributed by atoms with E-state index in [0.717, 1.165) is 56.8 Å². The van der Waals surface area contributed by atoms with Gasteiger partial charge in [-0.1, -0.05) is 6.07 Å². The Kier molecular flexibility index (Phi) is 6.66. The van der Waals surface area contributed by atoms with E-state index in [1.54, 1.807) is 18.2 Å². The van der Waals surface area contributed by atoms with Gasteiger partial charge in [0.2, 0.25) is 0 Å². The normalized spacial score (nSPS) is 23.3. The number of methoxy groups -OCH3 is 1. The molecular weight excluding hydrogens is 330 g/mol. The number of aromatic hydroxyl groups is 1. The molecule has 0 radical (unpaired) electrons. The lowest BCUT2D eigenvalue weighted by atomic mass is 10.0. The van der Waals surface area contributed by atoms with E-state index in [-0.39, 0.29) is 29.9 Å². The maximum absolute atomic E-state index is 12.6. The lowest BCUT2D eigenvalue weighted by Gasteiger charge is -2.28. The summed E-state index contributed by atoms with van der Waals surface area (Å²) in [6.07, 6.45) is 3.65. The second-order valence-corrected chi connectivity index (χ2v) is 6.11. The number of Topliss-reactive ketones (excluding diaryl/α,β-unsaturated/α-hetero) is 1. The molecule has 1 aliphatic carbocycles. The number of carbonyl (C=O) groups is 1. The average molecular weight is 354 g/mol. The molecule has 2 aliphatic rings. The highest BCUT2D eigenvalue weighted by Gasteiger charge is 2.31. The van der Waals surface area contributed by atoms with Gasteiger partial charge in [-0.2, -0.15) is 0 Å². The molecule has 1 atom stereocenters. The number of phenolic OH excluding ortho intramolecular Hbond substituents is 1. The fourth-order valence-corrected chi connectivity index (χ4v) is 3.24. The molecule has 24 heavy (non-hydrogen) atoms. The molecule has 1 heterocycles. The zero-order valence-electron chi connectivity index (χ0n) is 13.9. The molecule has 1 aromatic rings. The van der Waals surface area contributed by atoms with Crippen LogP contribution in [0.5, 0.6) is 11.5 Å². The van der Waals surface area contributed by atoms with Crippen LogP contribution < -0.4 is 4.74 Å². The zero-order chi connectivity index (χ0) is 16.2. The molecule has 0 aromatic heterocycles. The highest BCUT2D eigenvalue weighted by molar-refractivity contribution is 6.03. The van der Waals surface area contributed by atoms with Crippen molar-refractivity contribution in [2.45, 2.75) is 12.8 Å². The number of hydrogen-bond donors (Lipinski definition) is 1. The van der Waals surface area contributed by atoms with Crippen LogP contribution in [0.15, 0.2) is 23.8 Å². The molecule has 2 fully saturated rings. The van der Waals surface area contributed by atoms with E-state index >= 15 is 0 Å². The number of morpholine rings is 1. The Balaban J connectivity index is 0.00000208. The van der Waals surface area contributed by atoms with Crippen LogP contribution in [0, 0.1) is 5.92 Å². The van der Waals surface area contributed by atoms with E-state index in [9.17, 15) is 9.90 Å². The van der Waals surface area contributed by atoms with Crippen LogP contribution in [-0.2, 0) is 9.53 Å². The predicted octanol–water partition coefficient (Wildman–Crippen LogP) is 2.52. The summed E-state index contributed by atoms with van der Waals surface area (Å²) in [6, 6.07) is 5.15. The van der Waals surface area contributed by atoms with Gasteiger partial charge in [0, 0.05) is 25.6 Å². The van der Waals surface area contributed by atoms with Crippen molar-refractivity contribution in [1.82, 2.24) is 4.90 Å². The molecule has 0 spiro atoms. The third kappa shape index (κ3) is 4.29. The van der Waals surface area contributed by atoms with Crippen LogP contribution in [0.1, 0.15) is 18.4 Å². The lowest BCUT2D eigenvalue weighted by molar-refractivity contribution is -0.118. The van der Waals surface area contributed by atoms with Gasteiger partial charge in [0.25, 0.3) is 0 Å². The van der Waals surface area contributed by atoms with Crippen LogP contribution in [0.4, 0.5) is 0 Å². The first-order chi connectivity index (χ1) is 11.2. The van der Waals surface area contributed by atoms with Crippen LogP contribution in [0.3, 0.4) is 0 Å². The summed E-state index contributed by atoms with van der Waals surface area (Å²) < 4.78 is 10.5. The van der Waals surface area contributed by atoms with Gasteiger partial charge in [-0.05, 0) is 42.2 Å². The maximum atomic E-state index is 12.6. The van der Waals surface area contributed by atoms with Crippen molar-refractivity contribution in [2.75, 3.05) is 40.0 Å². The number of rotatable bonds is 4. The number of nitrogens with zero attached hydrogens (tertiary/aromatic N) is 1. The standard InChI is InChI=1S/C18H23NO4.ClH/c1-22-17-11-13(2-5-16(17)20)10-14-3-4-15(18(14)21)12-19-6-8-23-9-7-19;/h2,5,10-11,15,20H,3-4,6-9,12H2,1H3;1H/b14-10+;. The Morgan fingerprint density at radius 3 is 2.83 bits per heavy atom. The van der Waals surface area contributed by atoms with E-state index in [1.165, 1.54) is 7.11 Å². The van der Waals surface area contributed by atoms with Gasteiger partial charge in [-0.3, -0.25) is 9.69 Å². The molecular formula is C18H24ClNO4. The minimum absolute atomic E-state index is 0. The van der Waals surface area contributed by atoms with Crippen LogP contribution in [0.2, 0.25) is 0 Å². The summed E-state index contributed by atoms with van der Waals surface area (Å²) in [5.41, 5.74) is 1.76. The fraction of sp³-hybridized carbons (Fsp3) is 0.500. The van der Waals surface area contributed by atoms with Gasteiger partial charge in [-0.25, -0.2) is 0 Å². The monoisotopic (exact) mass is 353 g/mol. The number of ketones is 1. The van der Waals surface area contributed by atoms with Crippen molar-refractivity contribution < 1.29 is 19.4 Å². The molecule has 132 valence electrons. The number of ether oxygens (including phenoxy) is 2. The van der Waals surface area contributed by atoms with Crippen LogP contribution >= 0.6 is 12.4 Å². The van der Waals surface area contributed by atoms with E-state index < -0.39 is 0 Å². The van der Waals surface area contributed by atoms with Crippen LogP contribution in [0.25, 0.3) is 6.08 Å². The number of phenols is 1. The lowest BCUT2D eigenvalue weighted by Crippen LogP contribution is -2.40. The minimum Gasteiger partial charge on any atom is -0.504 e. The topological polar surface area (TPSA) is 59.0 Å². The number of hydrogen-bond acceptors (Lipinski definition) is 5. The SMILES string of the molecule is COc1cc(/C=C2\CCC(CN3CCOCC3)C2=O)ccc1O.Cl. The van der Waals surface area contributed by atoms with E-state index in [1.807, 2.05) is 6.08 Å². The van der Waals surface area contributed by atoms with Crippen molar-refractivity contribution in [3.63, 3.8) is 0 Å². The number of halogens is 1. The quantitative estimate of drug-likeness (QED) is 0.843. The minimum atomic E-state index is 0. The Labute approximate surface area is 148 Å². The van der Waals surface area contributed by atoms with Crippen molar-refractivity contribution in [3.8, 4) is 11.5 Å². The summed E-state index contributed by atoms with van der Waals surface area (Å²) in [5.74, 6) is 0.883. The van der Waals surface area contributed by atoms with Crippen molar-refractivity contribution >= 4 is 24.3 Å². The predicted molar refractivity (Wildman–Crippen MR) is 94.9 cm³/mol. The molecule has 1 unspecified atom stereocenters. The maximum Gasteiger partial charge on any atom is 0.163 e. The summed E-state index contributed by atoms with van der Waals surface area (Å²) >= 11 is 0. The molecule has 1 saturated carbocycles.